The van der Waals surface area contributed by atoms with E-state index in [2.05, 4.69) is 9.80 Å². The fourth-order valence-corrected chi connectivity index (χ4v) is 11.1. The standard InChI is InChI=1S/C65H56N4O8S2/c1-74-53-28-18-43(19-29-53)36-37-68(39-44-14-24-51(70)25-15-44)64-66-59(48-22-32-54(75-2)33-23-48)63(79-64)61(73)57-35-34-56(76-3)38-50(57)42-77-55-30-20-46(21-31-55)41-69(40-45-16-26-52(71)27-17-45)65-67-58(47-10-6-4-7-11-47)62(78-65)60(72)49-12-8-5-9-13-49/h4-35,38,70-71H,36-37,39-42H2,1-3H3. The number of aromatic hydroxyl groups is 2. The molecular weight excluding hydrogens is 1030 g/mol. The van der Waals surface area contributed by atoms with Crippen LogP contribution in [0.1, 0.15) is 58.3 Å². The summed E-state index contributed by atoms with van der Waals surface area (Å²) in [5, 5.41) is 21.6. The van der Waals surface area contributed by atoms with Gasteiger partial charge in [-0.3, -0.25) is 9.59 Å². The summed E-state index contributed by atoms with van der Waals surface area (Å²) in [6, 6.07) is 61.9. The van der Waals surface area contributed by atoms with Crippen molar-refractivity contribution in [3.8, 4) is 57.0 Å². The second-order valence-electron chi connectivity index (χ2n) is 18.6. The Morgan fingerprint density at radius 3 is 1.47 bits per heavy atom. The lowest BCUT2D eigenvalue weighted by molar-refractivity contribution is 0.103. The molecule has 8 aromatic carbocycles. The van der Waals surface area contributed by atoms with E-state index in [1.165, 1.54) is 22.7 Å². The van der Waals surface area contributed by atoms with Crippen LogP contribution in [0, 0.1) is 0 Å². The molecule has 14 heteroatoms. The van der Waals surface area contributed by atoms with Crippen LogP contribution in [-0.2, 0) is 32.7 Å². The highest BCUT2D eigenvalue weighted by Gasteiger charge is 2.27. The van der Waals surface area contributed by atoms with Crippen molar-refractivity contribution in [3.63, 3.8) is 0 Å². The van der Waals surface area contributed by atoms with E-state index in [0.717, 1.165) is 39.1 Å². The number of carbonyl (C=O) groups is 2. The van der Waals surface area contributed by atoms with Crippen molar-refractivity contribution in [3.05, 3.63) is 249 Å². The number of ketones is 2. The molecule has 10 rings (SSSR count). The Hall–Kier alpha value is -9.24. The molecule has 2 N–H and O–H groups in total. The molecule has 10 aromatic rings. The molecular formula is C65H56N4O8S2. The van der Waals surface area contributed by atoms with Gasteiger partial charge in [0.1, 0.15) is 50.9 Å². The number of phenolic OH excluding ortho intramolecular Hbond substituents is 2. The molecule has 2 heterocycles. The molecule has 0 unspecified atom stereocenters. The van der Waals surface area contributed by atoms with Gasteiger partial charge in [0.25, 0.3) is 0 Å². The van der Waals surface area contributed by atoms with Crippen LogP contribution in [0.4, 0.5) is 10.3 Å². The number of carbonyl (C=O) groups excluding carboxylic acids is 2. The predicted octanol–water partition coefficient (Wildman–Crippen LogP) is 13.9. The number of rotatable bonds is 23. The van der Waals surface area contributed by atoms with Crippen LogP contribution in [0.5, 0.6) is 34.5 Å². The molecule has 0 saturated carbocycles. The first-order chi connectivity index (χ1) is 38.6. The zero-order chi connectivity index (χ0) is 54.7. The Morgan fingerprint density at radius 1 is 0.468 bits per heavy atom. The van der Waals surface area contributed by atoms with Crippen molar-refractivity contribution in [1.29, 1.82) is 0 Å². The van der Waals surface area contributed by atoms with Gasteiger partial charge in [-0.2, -0.15) is 0 Å². The van der Waals surface area contributed by atoms with Crippen molar-refractivity contribution >= 4 is 44.5 Å². The lowest BCUT2D eigenvalue weighted by atomic mass is 10.00. The van der Waals surface area contributed by atoms with Crippen molar-refractivity contribution in [2.75, 3.05) is 37.7 Å². The smallest absolute Gasteiger partial charge is 0.205 e. The summed E-state index contributed by atoms with van der Waals surface area (Å²) in [5.74, 6) is 2.65. The van der Waals surface area contributed by atoms with Gasteiger partial charge in [-0.25, -0.2) is 9.97 Å². The summed E-state index contributed by atoms with van der Waals surface area (Å²) in [4.78, 5) is 45.1. The Morgan fingerprint density at radius 2 is 0.911 bits per heavy atom. The van der Waals surface area contributed by atoms with Crippen molar-refractivity contribution in [1.82, 2.24) is 9.97 Å². The maximum Gasteiger partial charge on any atom is 0.205 e. The maximum atomic E-state index is 15.2. The van der Waals surface area contributed by atoms with Gasteiger partial charge in [-0.1, -0.05) is 132 Å². The fraction of sp³-hybridized carbons (Fsp3) is 0.138. The van der Waals surface area contributed by atoms with Gasteiger partial charge < -0.3 is 39.0 Å². The number of nitrogens with zero attached hydrogens (tertiary/aromatic N) is 4. The van der Waals surface area contributed by atoms with E-state index < -0.39 is 0 Å². The van der Waals surface area contributed by atoms with Gasteiger partial charge in [0.15, 0.2) is 10.3 Å². The molecule has 396 valence electrons. The minimum atomic E-state index is -0.217. The van der Waals surface area contributed by atoms with E-state index in [1.807, 2.05) is 164 Å². The molecule has 0 aliphatic rings. The van der Waals surface area contributed by atoms with Crippen molar-refractivity contribution in [2.24, 2.45) is 0 Å². The highest BCUT2D eigenvalue weighted by atomic mass is 32.1. The molecule has 0 aliphatic heterocycles. The first kappa shape index (κ1) is 53.2. The van der Waals surface area contributed by atoms with E-state index in [9.17, 15) is 15.0 Å². The third-order valence-electron chi connectivity index (χ3n) is 13.3. The van der Waals surface area contributed by atoms with Crippen LogP contribution in [0.2, 0.25) is 0 Å². The summed E-state index contributed by atoms with van der Waals surface area (Å²) in [6.07, 6.45) is 0.696. The van der Waals surface area contributed by atoms with Crippen LogP contribution >= 0.6 is 22.7 Å². The van der Waals surface area contributed by atoms with E-state index >= 15 is 4.79 Å². The number of methoxy groups -OCH3 is 3. The molecule has 79 heavy (non-hydrogen) atoms. The van der Waals surface area contributed by atoms with Crippen LogP contribution in [-0.4, -0.2) is 59.6 Å². The summed E-state index contributed by atoms with van der Waals surface area (Å²) < 4.78 is 23.1. The summed E-state index contributed by atoms with van der Waals surface area (Å²) in [7, 11) is 4.85. The normalized spacial score (nSPS) is 11.0. The molecule has 0 atom stereocenters. The summed E-state index contributed by atoms with van der Waals surface area (Å²) >= 11 is 2.69. The first-order valence-electron chi connectivity index (χ1n) is 25.5. The third kappa shape index (κ3) is 13.0. The van der Waals surface area contributed by atoms with Crippen molar-refractivity contribution < 1.29 is 38.7 Å². The summed E-state index contributed by atoms with van der Waals surface area (Å²) in [6.45, 7) is 2.02. The van der Waals surface area contributed by atoms with Crippen molar-refractivity contribution in [2.45, 2.75) is 32.7 Å². The number of phenols is 2. The molecule has 0 aliphatic carbocycles. The number of hydrogen-bond acceptors (Lipinski definition) is 14. The van der Waals surface area contributed by atoms with Gasteiger partial charge in [0.05, 0.1) is 32.7 Å². The quantitative estimate of drug-likeness (QED) is 0.0589. The second kappa shape index (κ2) is 24.8. The number of hydrogen-bond donors (Lipinski definition) is 2. The van der Waals surface area contributed by atoms with Gasteiger partial charge >= 0.3 is 0 Å². The monoisotopic (exact) mass is 1080 g/mol. The number of aromatic nitrogens is 2. The zero-order valence-corrected chi connectivity index (χ0v) is 45.4. The Kier molecular flexibility index (Phi) is 16.7. The lowest BCUT2D eigenvalue weighted by Gasteiger charge is -2.22. The van der Waals surface area contributed by atoms with Crippen LogP contribution in [0.15, 0.2) is 200 Å². The average Bonchev–Trinajstić information content (AvgIpc) is 4.17. The molecule has 0 spiro atoms. The van der Waals surface area contributed by atoms with Crippen LogP contribution < -0.4 is 28.7 Å². The highest BCUT2D eigenvalue weighted by molar-refractivity contribution is 7.18. The molecule has 0 fully saturated rings. The van der Waals surface area contributed by atoms with Gasteiger partial charge in [0, 0.05) is 54.0 Å². The molecule has 0 saturated heterocycles. The largest absolute Gasteiger partial charge is 0.508 e. The van der Waals surface area contributed by atoms with E-state index in [1.54, 1.807) is 57.7 Å². The fourth-order valence-electron chi connectivity index (χ4n) is 9.02. The highest BCUT2D eigenvalue weighted by Crippen LogP contribution is 2.39. The molecule has 0 bridgehead atoms. The molecule has 0 amide bonds. The number of ether oxygens (including phenoxy) is 4. The molecule has 12 nitrogen and oxygen atoms in total. The lowest BCUT2D eigenvalue weighted by Crippen LogP contribution is -2.25. The van der Waals surface area contributed by atoms with Gasteiger partial charge in [0.2, 0.25) is 11.6 Å². The van der Waals surface area contributed by atoms with E-state index in [-0.39, 0.29) is 29.7 Å². The van der Waals surface area contributed by atoms with E-state index in [4.69, 9.17) is 28.9 Å². The minimum Gasteiger partial charge on any atom is -0.508 e. The average molecular weight is 1090 g/mol. The SMILES string of the molecule is COc1ccc(CCN(Cc2ccc(O)cc2)c2nc(-c3ccc(OC)cc3)c(C(=O)c3ccc(OC)cc3COc3ccc(CN(Cc4ccc(O)cc4)c4nc(-c5ccccc5)c(C(=O)c5ccccc5)s4)cc3)s2)cc1. The number of anilines is 2. The Balaban J connectivity index is 0.933. The molecule has 0 radical (unpaired) electrons. The zero-order valence-electron chi connectivity index (χ0n) is 43.7. The van der Waals surface area contributed by atoms with Gasteiger partial charge in [-0.15, -0.1) is 0 Å². The molecule has 2 aromatic heterocycles. The minimum absolute atomic E-state index is 0.0581. The van der Waals surface area contributed by atoms with Crippen LogP contribution in [0.25, 0.3) is 22.5 Å². The van der Waals surface area contributed by atoms with E-state index in [0.29, 0.717) is 97.9 Å². The Bertz CT molecular complexity index is 3650. The number of benzene rings is 8. The van der Waals surface area contributed by atoms with Crippen LogP contribution in [0.3, 0.4) is 0 Å². The summed E-state index contributed by atoms with van der Waals surface area (Å²) in [5.41, 5.74) is 8.42. The number of thiazole rings is 2. The predicted molar refractivity (Wildman–Crippen MR) is 313 cm³/mol. The Labute approximate surface area is 467 Å². The third-order valence-corrected chi connectivity index (χ3v) is 15.6. The van der Waals surface area contributed by atoms with Gasteiger partial charge in [-0.05, 0) is 120 Å². The first-order valence-corrected chi connectivity index (χ1v) is 27.2. The topological polar surface area (TPSA) is 144 Å². The second-order valence-corrected chi connectivity index (χ2v) is 20.6. The maximum absolute atomic E-state index is 15.2.